The molecule has 3 heterocycles. The molecule has 0 atom stereocenters. The van der Waals surface area contributed by atoms with E-state index in [4.69, 9.17) is 6.57 Å². The van der Waals surface area contributed by atoms with Crippen LogP contribution < -0.4 is 26.2 Å². The summed E-state index contributed by atoms with van der Waals surface area (Å²) in [5.74, 6) is 2.14. The van der Waals surface area contributed by atoms with Crippen molar-refractivity contribution >= 4 is 84.7 Å². The Hall–Kier alpha value is -10.4. The maximum Gasteiger partial charge on any atom is 0.252 e. The Morgan fingerprint density at radius 1 is 0.370 bits per heavy atom. The van der Waals surface area contributed by atoms with Crippen LogP contribution in [0.25, 0.3) is 88.0 Å². The van der Waals surface area contributed by atoms with Crippen molar-refractivity contribution in [2.24, 2.45) is 17.8 Å². The van der Waals surface area contributed by atoms with Gasteiger partial charge in [0, 0.05) is 56.1 Å². The van der Waals surface area contributed by atoms with Crippen LogP contribution in [0, 0.1) is 24.3 Å². The average molecular weight is 1290 g/mol. The summed E-state index contributed by atoms with van der Waals surface area (Å²) in [6, 6.07) is 100. The van der Waals surface area contributed by atoms with E-state index < -0.39 is 0 Å². The minimum atomic E-state index is -0.191. The number of fused-ring (bicyclic) bond motifs is 7. The lowest BCUT2D eigenvalue weighted by Crippen LogP contribution is -2.61. The van der Waals surface area contributed by atoms with Gasteiger partial charge in [0.1, 0.15) is 0 Å². The maximum atomic E-state index is 8.31. The van der Waals surface area contributed by atoms with E-state index in [1.165, 1.54) is 161 Å². The van der Waals surface area contributed by atoms with Crippen molar-refractivity contribution < 1.29 is 0 Å². The number of benzene rings is 12. The number of nitrogens with zero attached hydrogens (tertiary/aromatic N) is 4. The highest BCUT2D eigenvalue weighted by molar-refractivity contribution is 7.00. The number of anilines is 6. The van der Waals surface area contributed by atoms with Crippen LogP contribution in [0.1, 0.15) is 123 Å². The van der Waals surface area contributed by atoms with Crippen LogP contribution in [0.2, 0.25) is 0 Å². The topological polar surface area (TPSA) is 15.8 Å². The van der Waals surface area contributed by atoms with Crippen LogP contribution in [-0.2, 0) is 21.7 Å². The molecule has 13 aromatic rings. The monoisotopic (exact) mass is 1290 g/mol. The molecule has 0 spiro atoms. The fraction of sp³-hybridized carbons (Fsp3) is 0.232. The van der Waals surface area contributed by atoms with Gasteiger partial charge in [0.15, 0.2) is 5.69 Å². The third-order valence-electron chi connectivity index (χ3n) is 23.6. The predicted molar refractivity (Wildman–Crippen MR) is 424 cm³/mol. The lowest BCUT2D eigenvalue weighted by Gasteiger charge is -2.57. The molecule has 6 aliphatic rings. The van der Waals surface area contributed by atoms with Crippen LogP contribution in [0.4, 0.5) is 39.8 Å². The van der Waals surface area contributed by atoms with Gasteiger partial charge >= 0.3 is 0 Å². The van der Waals surface area contributed by atoms with Crippen molar-refractivity contribution in [1.29, 1.82) is 0 Å². The van der Waals surface area contributed by atoms with E-state index in [0.29, 0.717) is 23.4 Å². The molecule has 100 heavy (non-hydrogen) atoms. The SMILES string of the molecule is [C-]#[N+]c1ccc2c(c1)c1cc(C(C)(C)C)ccc1n2-c1ccc2c(c1)N(c1c(-c3ccccc3)cc(C(C)(C)C)cc1-c1ccccc1)c1cc(C34CC5CC(CC(C5)C3)C4)cc3c1B2c1ccc(-c2ccccc2)cc1N3c1c(-c2ccccc2)cc(C(C)(C)C)cc1-c1ccccc1. The van der Waals surface area contributed by atoms with Crippen molar-refractivity contribution in [2.45, 2.75) is 122 Å². The van der Waals surface area contributed by atoms with Gasteiger partial charge in [0.05, 0.1) is 29.0 Å². The Morgan fingerprint density at radius 2 is 0.770 bits per heavy atom. The first-order valence-electron chi connectivity index (χ1n) is 36.5. The van der Waals surface area contributed by atoms with Crippen LogP contribution in [0.3, 0.4) is 0 Å². The van der Waals surface area contributed by atoms with Crippen molar-refractivity contribution in [3.8, 4) is 61.3 Å². The fourth-order valence-corrected chi connectivity index (χ4v) is 19.0. The van der Waals surface area contributed by atoms with Gasteiger partial charge in [-0.15, -0.1) is 0 Å². The molecule has 5 heteroatoms. The van der Waals surface area contributed by atoms with E-state index in [9.17, 15) is 0 Å². The normalized spacial score (nSPS) is 18.3. The van der Waals surface area contributed by atoms with Crippen molar-refractivity contribution in [3.63, 3.8) is 0 Å². The number of hydrogen-bond acceptors (Lipinski definition) is 2. The predicted octanol–water partition coefficient (Wildman–Crippen LogP) is 24.1. The summed E-state index contributed by atoms with van der Waals surface area (Å²) < 4.78 is 2.50. The summed E-state index contributed by atoms with van der Waals surface area (Å²) in [6.07, 6.45) is 7.70. The quantitative estimate of drug-likeness (QED) is 0.106. The van der Waals surface area contributed by atoms with Crippen LogP contribution >= 0.6 is 0 Å². The number of aromatic nitrogens is 1. The molecule has 4 saturated carbocycles. The van der Waals surface area contributed by atoms with E-state index in [1.807, 2.05) is 6.07 Å². The van der Waals surface area contributed by atoms with E-state index >= 15 is 0 Å². The average Bonchev–Trinajstić information content (AvgIpc) is 0.752. The molecule has 4 aliphatic carbocycles. The first kappa shape index (κ1) is 61.9. The van der Waals surface area contributed by atoms with Crippen LogP contribution in [0.15, 0.2) is 261 Å². The summed E-state index contributed by atoms with van der Waals surface area (Å²) in [4.78, 5) is 9.64. The Bertz CT molecular complexity index is 5310. The summed E-state index contributed by atoms with van der Waals surface area (Å²) in [5.41, 5.74) is 31.8. The Labute approximate surface area is 591 Å². The van der Waals surface area contributed by atoms with Gasteiger partial charge in [-0.3, -0.25) is 0 Å². The molecular formula is C95H85BN4. The van der Waals surface area contributed by atoms with Gasteiger partial charge in [-0.25, -0.2) is 4.85 Å². The first-order valence-corrected chi connectivity index (χ1v) is 36.5. The molecule has 1 aromatic heterocycles. The largest absolute Gasteiger partial charge is 0.310 e. The Balaban J connectivity index is 1.03. The zero-order valence-corrected chi connectivity index (χ0v) is 59.2. The molecule has 19 rings (SSSR count). The van der Waals surface area contributed by atoms with Gasteiger partial charge in [0.25, 0.3) is 6.71 Å². The number of hydrogen-bond donors (Lipinski definition) is 0. The third-order valence-corrected chi connectivity index (χ3v) is 23.6. The van der Waals surface area contributed by atoms with E-state index in [1.54, 1.807) is 0 Å². The molecule has 4 fully saturated rings. The van der Waals surface area contributed by atoms with E-state index in [-0.39, 0.29) is 28.4 Å². The molecule has 4 nitrogen and oxygen atoms in total. The molecule has 0 N–H and O–H groups in total. The van der Waals surface area contributed by atoms with Gasteiger partial charge in [0.2, 0.25) is 0 Å². The second kappa shape index (κ2) is 23.1. The molecule has 0 saturated heterocycles. The minimum Gasteiger partial charge on any atom is -0.310 e. The third kappa shape index (κ3) is 10.1. The fourth-order valence-electron chi connectivity index (χ4n) is 19.0. The van der Waals surface area contributed by atoms with E-state index in [2.05, 4.69) is 336 Å². The molecule has 488 valence electrons. The molecule has 2 aliphatic heterocycles. The summed E-state index contributed by atoms with van der Waals surface area (Å²) in [6.45, 7) is 29.3. The van der Waals surface area contributed by atoms with Crippen LogP contribution in [-0.4, -0.2) is 11.3 Å². The highest BCUT2D eigenvalue weighted by atomic mass is 15.2. The molecular weight excluding hydrogens is 1210 g/mol. The Kier molecular flexibility index (Phi) is 14.3. The van der Waals surface area contributed by atoms with Crippen molar-refractivity contribution in [2.75, 3.05) is 9.80 Å². The lowest BCUT2D eigenvalue weighted by atomic mass is 9.33. The summed E-state index contributed by atoms with van der Waals surface area (Å²) in [7, 11) is 0. The Morgan fingerprint density at radius 3 is 1.20 bits per heavy atom. The smallest absolute Gasteiger partial charge is 0.252 e. The highest BCUT2D eigenvalue weighted by Crippen LogP contribution is 2.63. The van der Waals surface area contributed by atoms with Crippen molar-refractivity contribution in [3.05, 3.63) is 295 Å². The van der Waals surface area contributed by atoms with Crippen molar-refractivity contribution in [1.82, 2.24) is 4.57 Å². The van der Waals surface area contributed by atoms with Crippen LogP contribution in [0.5, 0.6) is 0 Å². The second-order valence-electron chi connectivity index (χ2n) is 33.0. The molecule has 0 amide bonds. The van der Waals surface area contributed by atoms with E-state index in [0.717, 1.165) is 33.2 Å². The first-order chi connectivity index (χ1) is 48.4. The highest BCUT2D eigenvalue weighted by Gasteiger charge is 2.54. The molecule has 0 radical (unpaired) electrons. The zero-order chi connectivity index (χ0) is 68.1. The maximum absolute atomic E-state index is 8.31. The minimum absolute atomic E-state index is 0.0122. The van der Waals surface area contributed by atoms with Gasteiger partial charge in [-0.05, 0) is 234 Å². The number of rotatable bonds is 9. The molecule has 0 unspecified atom stereocenters. The van der Waals surface area contributed by atoms with Gasteiger partial charge in [-0.2, -0.15) is 0 Å². The summed E-state index contributed by atoms with van der Waals surface area (Å²) >= 11 is 0. The summed E-state index contributed by atoms with van der Waals surface area (Å²) in [5, 5.41) is 2.25. The second-order valence-corrected chi connectivity index (χ2v) is 33.0. The zero-order valence-electron chi connectivity index (χ0n) is 59.2. The lowest BCUT2D eigenvalue weighted by molar-refractivity contribution is -0.00514. The van der Waals surface area contributed by atoms with Gasteiger partial charge < -0.3 is 14.4 Å². The molecule has 4 bridgehead atoms. The van der Waals surface area contributed by atoms with Gasteiger partial charge in [-0.1, -0.05) is 244 Å². The molecule has 12 aromatic carbocycles. The standard InChI is InChI=1S/C95H85BN4/c1-92(2,3)69-37-42-83-79(48-69)80-55-73(97-10)38-43-84(80)98(83)74-39-41-82-86(56-74)100(91-77(66-32-22-14-23-33-66)51-71(94(7,8)9)52-78(91)67-34-24-15-25-35-67)88-54-72(95-57-60-44-61(58-95)46-62(45-60)59-95)53-87-89(88)96(82)81-40-36-68(63-26-16-11-17-27-63)47-85(81)99(87)90-75(64-28-18-12-19-29-64)49-70(93(4,5)6)50-76(90)65-30-20-13-21-31-65/h11-43,47-56,60-62H,44-46,57-59H2,1-9H3.